The predicted octanol–water partition coefficient (Wildman–Crippen LogP) is 2.57. The Morgan fingerprint density at radius 1 is 1.35 bits per heavy atom. The van der Waals surface area contributed by atoms with Gasteiger partial charge in [0, 0.05) is 42.8 Å². The van der Waals surface area contributed by atoms with E-state index in [1.165, 1.54) is 17.4 Å². The largest absolute Gasteiger partial charge is 0.392 e. The zero-order valence-corrected chi connectivity index (χ0v) is 14.0. The first-order valence-corrected chi connectivity index (χ1v) is 8.78. The van der Waals surface area contributed by atoms with Crippen LogP contribution in [0.1, 0.15) is 23.0 Å². The second-order valence-electron chi connectivity index (χ2n) is 5.92. The quantitative estimate of drug-likeness (QED) is 0.933. The molecule has 1 fully saturated rings. The van der Waals surface area contributed by atoms with Crippen molar-refractivity contribution >= 4 is 27.3 Å². The summed E-state index contributed by atoms with van der Waals surface area (Å²) in [5, 5.41) is 10.2. The molecule has 2 aromatic rings. The molecule has 3 rings (SSSR count). The molecule has 4 nitrogen and oxygen atoms in total. The molecule has 2 heterocycles. The van der Waals surface area contributed by atoms with Crippen molar-refractivity contribution in [1.82, 2.24) is 9.80 Å². The summed E-state index contributed by atoms with van der Waals surface area (Å²) < 4.78 is 14.6. The maximum atomic E-state index is 13.8. The molecule has 0 radical (unpaired) electrons. The van der Waals surface area contributed by atoms with Gasteiger partial charge in [0.15, 0.2) is 0 Å². The minimum Gasteiger partial charge on any atom is -0.392 e. The van der Waals surface area contributed by atoms with Crippen LogP contribution in [0.4, 0.5) is 4.39 Å². The average Bonchev–Trinajstić information content (AvgIpc) is 3.00. The summed E-state index contributed by atoms with van der Waals surface area (Å²) in [5.41, 5.74) is 0. The smallest absolute Gasteiger partial charge is 0.264 e. The number of benzene rings is 1. The molecule has 0 saturated carbocycles. The van der Waals surface area contributed by atoms with Gasteiger partial charge in [-0.3, -0.25) is 9.69 Å². The topological polar surface area (TPSA) is 43.8 Å². The number of carbonyl (C=O) groups is 1. The molecule has 1 saturated heterocycles. The molecule has 1 aliphatic rings. The van der Waals surface area contributed by atoms with Crippen LogP contribution in [-0.2, 0) is 0 Å². The number of amides is 1. The van der Waals surface area contributed by atoms with E-state index in [2.05, 4.69) is 4.90 Å². The zero-order valence-electron chi connectivity index (χ0n) is 13.2. The highest BCUT2D eigenvalue weighted by Gasteiger charge is 2.24. The summed E-state index contributed by atoms with van der Waals surface area (Å²) in [6, 6.07) is 6.58. The van der Waals surface area contributed by atoms with Crippen LogP contribution in [0.5, 0.6) is 0 Å². The van der Waals surface area contributed by atoms with Gasteiger partial charge in [0.2, 0.25) is 0 Å². The molecule has 1 aromatic carbocycles. The Hall–Kier alpha value is -1.50. The minimum absolute atomic E-state index is 0.0266. The molecule has 1 N–H and O–H groups in total. The fourth-order valence-corrected chi connectivity index (χ4v) is 3.89. The highest BCUT2D eigenvalue weighted by Crippen LogP contribution is 2.28. The van der Waals surface area contributed by atoms with E-state index in [0.717, 1.165) is 24.2 Å². The number of rotatable bonds is 4. The van der Waals surface area contributed by atoms with E-state index in [1.54, 1.807) is 12.1 Å². The van der Waals surface area contributed by atoms with Crippen LogP contribution in [0.25, 0.3) is 10.1 Å². The normalized spacial score (nSPS) is 17.6. The lowest BCUT2D eigenvalue weighted by Crippen LogP contribution is -2.50. The molecule has 1 aliphatic heterocycles. The fourth-order valence-electron chi connectivity index (χ4n) is 2.85. The number of fused-ring (bicyclic) bond motifs is 1. The van der Waals surface area contributed by atoms with E-state index >= 15 is 0 Å². The first-order valence-electron chi connectivity index (χ1n) is 7.96. The predicted molar refractivity (Wildman–Crippen MR) is 90.4 cm³/mol. The number of hydrogen-bond acceptors (Lipinski definition) is 4. The Morgan fingerprint density at radius 3 is 2.74 bits per heavy atom. The Bertz CT molecular complexity index is 695. The third-order valence-corrected chi connectivity index (χ3v) is 5.41. The summed E-state index contributed by atoms with van der Waals surface area (Å²) in [4.78, 5) is 17.2. The van der Waals surface area contributed by atoms with Gasteiger partial charge >= 0.3 is 0 Å². The van der Waals surface area contributed by atoms with Crippen LogP contribution in [-0.4, -0.2) is 59.6 Å². The van der Waals surface area contributed by atoms with Crippen LogP contribution in [0, 0.1) is 5.82 Å². The lowest BCUT2D eigenvalue weighted by Gasteiger charge is -2.35. The standard InChI is InChI=1S/C17H21FN2O2S/c1-2-12(21)11-19-6-8-20(9-7-19)17(22)16-10-13-14(18)4-3-5-15(13)23-16/h3-5,10,12,21H,2,6-9,11H2,1H3. The SMILES string of the molecule is CCC(O)CN1CCN(C(=O)c2cc3c(F)cccc3s2)CC1. The van der Waals surface area contributed by atoms with Crippen LogP contribution in [0.3, 0.4) is 0 Å². The molecule has 1 atom stereocenters. The van der Waals surface area contributed by atoms with Gasteiger partial charge in [0.25, 0.3) is 5.91 Å². The maximum Gasteiger partial charge on any atom is 0.264 e. The van der Waals surface area contributed by atoms with E-state index < -0.39 is 0 Å². The maximum absolute atomic E-state index is 13.8. The van der Waals surface area contributed by atoms with Crippen molar-refractivity contribution in [1.29, 1.82) is 0 Å². The summed E-state index contributed by atoms with van der Waals surface area (Å²) in [6.45, 7) is 5.44. The van der Waals surface area contributed by atoms with Crippen LogP contribution in [0.15, 0.2) is 24.3 Å². The number of β-amino-alcohol motifs (C(OH)–C–C–N with tert-alkyl or cyclic N) is 1. The van der Waals surface area contributed by atoms with Gasteiger partial charge in [0.1, 0.15) is 5.82 Å². The Morgan fingerprint density at radius 2 is 2.09 bits per heavy atom. The molecule has 0 spiro atoms. The molecule has 0 bridgehead atoms. The zero-order chi connectivity index (χ0) is 16.4. The number of halogens is 1. The van der Waals surface area contributed by atoms with Crippen LogP contribution in [0.2, 0.25) is 0 Å². The van der Waals surface area contributed by atoms with Crippen molar-refractivity contribution in [2.24, 2.45) is 0 Å². The second kappa shape index (κ2) is 6.95. The third kappa shape index (κ3) is 3.54. The van der Waals surface area contributed by atoms with Gasteiger partial charge in [-0.1, -0.05) is 13.0 Å². The van der Waals surface area contributed by atoms with Crippen molar-refractivity contribution in [2.75, 3.05) is 32.7 Å². The van der Waals surface area contributed by atoms with Crippen molar-refractivity contribution in [3.63, 3.8) is 0 Å². The number of aliphatic hydroxyl groups excluding tert-OH is 1. The Labute approximate surface area is 139 Å². The first-order chi connectivity index (χ1) is 11.1. The van der Waals surface area contributed by atoms with E-state index in [-0.39, 0.29) is 17.8 Å². The summed E-state index contributed by atoms with van der Waals surface area (Å²) >= 11 is 1.34. The van der Waals surface area contributed by atoms with Crippen molar-refractivity contribution in [2.45, 2.75) is 19.4 Å². The van der Waals surface area contributed by atoms with Gasteiger partial charge in [-0.2, -0.15) is 0 Å². The molecule has 0 aliphatic carbocycles. The number of carbonyl (C=O) groups excluding carboxylic acids is 1. The number of nitrogens with zero attached hydrogens (tertiary/aromatic N) is 2. The molecule has 23 heavy (non-hydrogen) atoms. The molecule has 1 unspecified atom stereocenters. The number of hydrogen-bond donors (Lipinski definition) is 1. The lowest BCUT2D eigenvalue weighted by atomic mass is 10.2. The molecular weight excluding hydrogens is 315 g/mol. The van der Waals surface area contributed by atoms with Crippen LogP contribution < -0.4 is 0 Å². The van der Waals surface area contributed by atoms with E-state index in [1.807, 2.05) is 17.9 Å². The minimum atomic E-state index is -0.303. The van der Waals surface area contributed by atoms with Crippen LogP contribution >= 0.6 is 11.3 Å². The van der Waals surface area contributed by atoms with E-state index in [0.29, 0.717) is 29.9 Å². The lowest BCUT2D eigenvalue weighted by molar-refractivity contribution is 0.0527. The first kappa shape index (κ1) is 16.4. The van der Waals surface area contributed by atoms with Gasteiger partial charge in [-0.25, -0.2) is 4.39 Å². The Balaban J connectivity index is 1.66. The molecule has 124 valence electrons. The van der Waals surface area contributed by atoms with Gasteiger partial charge in [-0.15, -0.1) is 11.3 Å². The molecule has 1 amide bonds. The average molecular weight is 336 g/mol. The van der Waals surface area contributed by atoms with E-state index in [9.17, 15) is 14.3 Å². The Kier molecular flexibility index (Phi) is 4.94. The van der Waals surface area contributed by atoms with Gasteiger partial charge in [0.05, 0.1) is 11.0 Å². The van der Waals surface area contributed by atoms with Crippen molar-refractivity contribution in [3.8, 4) is 0 Å². The van der Waals surface area contributed by atoms with Crippen molar-refractivity contribution < 1.29 is 14.3 Å². The molecule has 1 aromatic heterocycles. The second-order valence-corrected chi connectivity index (χ2v) is 7.00. The summed E-state index contributed by atoms with van der Waals surface area (Å²) in [5.74, 6) is -0.308. The molecule has 6 heteroatoms. The number of thiophene rings is 1. The van der Waals surface area contributed by atoms with E-state index in [4.69, 9.17) is 0 Å². The summed E-state index contributed by atoms with van der Waals surface area (Å²) in [6.07, 6.45) is 0.440. The highest BCUT2D eigenvalue weighted by atomic mass is 32.1. The number of aliphatic hydroxyl groups is 1. The van der Waals surface area contributed by atoms with Crippen molar-refractivity contribution in [3.05, 3.63) is 35.0 Å². The third-order valence-electron chi connectivity index (χ3n) is 4.32. The monoisotopic (exact) mass is 336 g/mol. The molecular formula is C17H21FN2O2S. The number of piperazine rings is 1. The fraction of sp³-hybridized carbons (Fsp3) is 0.471. The highest BCUT2D eigenvalue weighted by molar-refractivity contribution is 7.20. The van der Waals surface area contributed by atoms with Gasteiger partial charge in [-0.05, 0) is 24.6 Å². The summed E-state index contributed by atoms with van der Waals surface area (Å²) in [7, 11) is 0. The van der Waals surface area contributed by atoms with Gasteiger partial charge < -0.3 is 10.0 Å².